The Morgan fingerprint density at radius 3 is 2.59 bits per heavy atom. The van der Waals surface area contributed by atoms with Crippen molar-refractivity contribution >= 4 is 28.0 Å². The molecule has 0 amide bonds. The summed E-state index contributed by atoms with van der Waals surface area (Å²) in [7, 11) is 3.28. The number of halogens is 2. The predicted molar refractivity (Wildman–Crippen MR) is 148 cm³/mol. The number of methoxy groups -OCH3 is 1. The van der Waals surface area contributed by atoms with Crippen LogP contribution in [0.25, 0.3) is 33.6 Å². The second-order valence-electron chi connectivity index (χ2n) is 10.1. The molecule has 0 spiro atoms. The largest absolute Gasteiger partial charge is 0.494 e. The van der Waals surface area contributed by atoms with Crippen LogP contribution in [0.3, 0.4) is 0 Å². The van der Waals surface area contributed by atoms with E-state index < -0.39 is 18.4 Å². The minimum atomic E-state index is -2.99. The fourth-order valence-corrected chi connectivity index (χ4v) is 4.65. The maximum atomic E-state index is 15.3. The molecule has 3 aromatic heterocycles. The number of nitrogens with zero attached hydrogens (tertiary/aromatic N) is 4. The summed E-state index contributed by atoms with van der Waals surface area (Å²) in [5.74, 6) is -2.65. The molecule has 39 heavy (non-hydrogen) atoms. The van der Waals surface area contributed by atoms with E-state index in [1.807, 2.05) is 6.07 Å². The van der Waals surface area contributed by atoms with Gasteiger partial charge in [-0.3, -0.25) is 0 Å². The Kier molecular flexibility index (Phi) is 8.06. The molecule has 0 saturated carbocycles. The molecule has 10 heteroatoms. The van der Waals surface area contributed by atoms with Gasteiger partial charge in [0.05, 0.1) is 42.2 Å². The van der Waals surface area contributed by atoms with Crippen LogP contribution in [-0.4, -0.2) is 44.2 Å². The van der Waals surface area contributed by atoms with Crippen LogP contribution in [0.5, 0.6) is 5.75 Å². The smallest absolute Gasteiger partial charge is 0.338 e. The number of aryl methyl sites for hydroxylation is 1. The molecular formula is C29H35F2N5O3. The van der Waals surface area contributed by atoms with Crippen molar-refractivity contribution < 1.29 is 23.0 Å². The van der Waals surface area contributed by atoms with Gasteiger partial charge in [0.25, 0.3) is 5.92 Å². The number of hydrogen-bond donors (Lipinski definition) is 1. The highest BCUT2D eigenvalue weighted by atomic mass is 19.3. The lowest BCUT2D eigenvalue weighted by Gasteiger charge is -2.19. The molecule has 1 aromatic carbocycles. The second-order valence-corrected chi connectivity index (χ2v) is 10.1. The first-order valence-corrected chi connectivity index (χ1v) is 13.0. The number of esters is 1. The van der Waals surface area contributed by atoms with Gasteiger partial charge in [-0.15, -0.1) is 6.58 Å². The van der Waals surface area contributed by atoms with Crippen LogP contribution in [0.2, 0.25) is 0 Å². The maximum Gasteiger partial charge on any atom is 0.338 e. The highest BCUT2D eigenvalue weighted by molar-refractivity contribution is 5.97. The first-order valence-electron chi connectivity index (χ1n) is 13.0. The number of pyridine rings is 1. The zero-order valence-corrected chi connectivity index (χ0v) is 23.0. The number of fused-ring (bicyclic) bond motifs is 2. The molecule has 0 saturated heterocycles. The topological polar surface area (TPSA) is 97.2 Å². The molecular weight excluding hydrogens is 504 g/mol. The standard InChI is InChI=1S/C29H35F2N5O3/c1-7-8-9-12-29(30,31)16-36-23(14-19-10-11-21(18(4)32)33-26(19)36)27-34-22-13-20(28(37)39-17(2)3)15-24(38-6)25(22)35(27)5/h7,10-11,13-15,17-18H,1,8-9,12,16,32H2,2-6H3/t18-/m1/s1. The van der Waals surface area contributed by atoms with Gasteiger partial charge in [0.2, 0.25) is 0 Å². The number of unbranched alkanes of at least 4 members (excludes halogenated alkanes) is 1. The van der Waals surface area contributed by atoms with E-state index in [4.69, 9.17) is 20.2 Å². The highest BCUT2D eigenvalue weighted by Gasteiger charge is 2.32. The van der Waals surface area contributed by atoms with Crippen molar-refractivity contribution in [3.63, 3.8) is 0 Å². The molecule has 208 valence electrons. The number of benzene rings is 1. The number of ether oxygens (including phenoxy) is 2. The zero-order valence-electron chi connectivity index (χ0n) is 23.0. The lowest BCUT2D eigenvalue weighted by atomic mass is 10.1. The molecule has 8 nitrogen and oxygen atoms in total. The summed E-state index contributed by atoms with van der Waals surface area (Å²) < 4.78 is 44.7. The Labute approximate surface area is 226 Å². The number of rotatable bonds is 11. The van der Waals surface area contributed by atoms with Gasteiger partial charge in [0.1, 0.15) is 16.9 Å². The second kappa shape index (κ2) is 11.1. The normalized spacial score (nSPS) is 12.8. The van der Waals surface area contributed by atoms with E-state index in [9.17, 15) is 4.79 Å². The summed E-state index contributed by atoms with van der Waals surface area (Å²) in [5.41, 5.74) is 8.91. The molecule has 0 aliphatic heterocycles. The van der Waals surface area contributed by atoms with Gasteiger partial charge in [0.15, 0.2) is 5.82 Å². The lowest BCUT2D eigenvalue weighted by Crippen LogP contribution is -2.24. The number of carbonyl (C=O) groups excluding carboxylic acids is 1. The minimum absolute atomic E-state index is 0.287. The number of carbonyl (C=O) groups is 1. The molecule has 4 rings (SSSR count). The quantitative estimate of drug-likeness (QED) is 0.139. The summed E-state index contributed by atoms with van der Waals surface area (Å²) in [6, 6.07) is 8.29. The molecule has 3 heterocycles. The average Bonchev–Trinajstić information content (AvgIpc) is 3.39. The van der Waals surface area contributed by atoms with E-state index in [0.717, 1.165) is 0 Å². The molecule has 0 unspecified atom stereocenters. The lowest BCUT2D eigenvalue weighted by molar-refractivity contribution is -0.0246. The summed E-state index contributed by atoms with van der Waals surface area (Å²) >= 11 is 0. The summed E-state index contributed by atoms with van der Waals surface area (Å²) in [6.45, 7) is 8.38. The van der Waals surface area contributed by atoms with Crippen LogP contribution in [-0.2, 0) is 18.3 Å². The van der Waals surface area contributed by atoms with E-state index in [1.54, 1.807) is 62.7 Å². The Balaban J connectivity index is 1.91. The predicted octanol–water partition coefficient (Wildman–Crippen LogP) is 6.18. The number of allylic oxidation sites excluding steroid dienone is 1. The maximum absolute atomic E-state index is 15.3. The number of aromatic nitrogens is 4. The van der Waals surface area contributed by atoms with E-state index in [1.165, 1.54) is 11.7 Å². The van der Waals surface area contributed by atoms with Crippen LogP contribution in [0.4, 0.5) is 8.78 Å². The molecule has 4 aromatic rings. The Hall–Kier alpha value is -3.79. The van der Waals surface area contributed by atoms with Gasteiger partial charge in [-0.25, -0.2) is 23.5 Å². The number of alkyl halides is 2. The van der Waals surface area contributed by atoms with Crippen molar-refractivity contribution in [3.05, 3.63) is 54.2 Å². The molecule has 0 aliphatic rings. The van der Waals surface area contributed by atoms with Gasteiger partial charge in [-0.2, -0.15) is 0 Å². The monoisotopic (exact) mass is 539 g/mol. The Morgan fingerprint density at radius 1 is 1.21 bits per heavy atom. The highest BCUT2D eigenvalue weighted by Crippen LogP contribution is 2.36. The van der Waals surface area contributed by atoms with E-state index in [2.05, 4.69) is 11.6 Å². The molecule has 0 radical (unpaired) electrons. The van der Waals surface area contributed by atoms with Gasteiger partial charge in [0, 0.05) is 24.9 Å². The van der Waals surface area contributed by atoms with E-state index in [-0.39, 0.29) is 24.1 Å². The molecule has 0 bridgehead atoms. The van der Waals surface area contributed by atoms with Crippen LogP contribution >= 0.6 is 0 Å². The number of imidazole rings is 1. The van der Waals surface area contributed by atoms with E-state index >= 15 is 8.78 Å². The molecule has 0 aliphatic carbocycles. The van der Waals surface area contributed by atoms with Crippen LogP contribution in [0.1, 0.15) is 62.1 Å². The van der Waals surface area contributed by atoms with E-state index in [0.29, 0.717) is 57.9 Å². The van der Waals surface area contributed by atoms with Crippen molar-refractivity contribution in [3.8, 4) is 17.3 Å². The fraction of sp³-hybridized carbons (Fsp3) is 0.414. The van der Waals surface area contributed by atoms with Gasteiger partial charge < -0.3 is 24.3 Å². The third kappa shape index (κ3) is 5.80. The van der Waals surface area contributed by atoms with Crippen molar-refractivity contribution in [1.29, 1.82) is 0 Å². The molecule has 2 N–H and O–H groups in total. The first kappa shape index (κ1) is 28.2. The van der Waals surface area contributed by atoms with Crippen molar-refractivity contribution in [1.82, 2.24) is 19.1 Å². The number of nitrogens with two attached hydrogens (primary N) is 1. The van der Waals surface area contributed by atoms with Crippen molar-refractivity contribution in [2.45, 2.75) is 64.6 Å². The van der Waals surface area contributed by atoms with Gasteiger partial charge in [-0.05, 0) is 63.9 Å². The van der Waals surface area contributed by atoms with Crippen LogP contribution in [0, 0.1) is 0 Å². The van der Waals surface area contributed by atoms with Crippen molar-refractivity contribution in [2.24, 2.45) is 12.8 Å². The summed E-state index contributed by atoms with van der Waals surface area (Å²) in [4.78, 5) is 22.1. The third-order valence-corrected chi connectivity index (χ3v) is 6.53. The van der Waals surface area contributed by atoms with Gasteiger partial charge >= 0.3 is 5.97 Å². The van der Waals surface area contributed by atoms with Crippen molar-refractivity contribution in [2.75, 3.05) is 7.11 Å². The first-order chi connectivity index (χ1) is 18.5. The Bertz CT molecular complexity index is 1520. The van der Waals surface area contributed by atoms with Crippen LogP contribution < -0.4 is 10.5 Å². The summed E-state index contributed by atoms with van der Waals surface area (Å²) in [6.07, 6.45) is 1.89. The summed E-state index contributed by atoms with van der Waals surface area (Å²) in [5, 5.41) is 0.691. The SMILES string of the molecule is C=CCCCC(F)(F)Cn1c(-c2nc3cc(C(=O)OC(C)C)cc(OC)c3n2C)cc2ccc([C@@H](C)N)nc21. The minimum Gasteiger partial charge on any atom is -0.494 e. The fourth-order valence-electron chi connectivity index (χ4n) is 4.65. The molecule has 1 atom stereocenters. The molecule has 0 fully saturated rings. The van der Waals surface area contributed by atoms with Crippen LogP contribution in [0.15, 0.2) is 43.0 Å². The Morgan fingerprint density at radius 2 is 1.95 bits per heavy atom. The third-order valence-electron chi connectivity index (χ3n) is 6.53. The number of hydrogen-bond acceptors (Lipinski definition) is 6. The zero-order chi connectivity index (χ0) is 28.5. The van der Waals surface area contributed by atoms with Gasteiger partial charge in [-0.1, -0.05) is 6.08 Å². The average molecular weight is 540 g/mol.